The Labute approximate surface area is 152 Å². The third kappa shape index (κ3) is 5.93. The summed E-state index contributed by atoms with van der Waals surface area (Å²) < 4.78 is 0. The van der Waals surface area contributed by atoms with E-state index in [1.165, 1.54) is 22.3 Å². The van der Waals surface area contributed by atoms with Crippen molar-refractivity contribution in [2.75, 3.05) is 6.54 Å². The minimum Gasteiger partial charge on any atom is -0.333 e. The number of rotatable bonds is 4. The first-order valence-corrected chi connectivity index (χ1v) is 9.18. The van der Waals surface area contributed by atoms with Crippen LogP contribution in [-0.4, -0.2) is 23.5 Å². The molecule has 1 saturated heterocycles. The molecule has 0 radical (unpaired) electrons. The van der Waals surface area contributed by atoms with Crippen LogP contribution in [0.15, 0.2) is 48.5 Å². The van der Waals surface area contributed by atoms with Crippen LogP contribution >= 0.6 is 0 Å². The lowest BCUT2D eigenvalue weighted by atomic mass is 10.1. The van der Waals surface area contributed by atoms with E-state index in [0.717, 1.165) is 19.4 Å². The van der Waals surface area contributed by atoms with Crippen molar-refractivity contribution in [3.05, 3.63) is 70.8 Å². The second-order valence-corrected chi connectivity index (χ2v) is 6.76. The van der Waals surface area contributed by atoms with Gasteiger partial charge in [0.2, 0.25) is 0 Å². The molecule has 1 unspecified atom stereocenters. The number of benzene rings is 2. The molecule has 3 nitrogen and oxygen atoms in total. The van der Waals surface area contributed by atoms with Crippen LogP contribution in [0.5, 0.6) is 0 Å². The summed E-state index contributed by atoms with van der Waals surface area (Å²) in [4.78, 5) is 13.5. The molecule has 0 bridgehead atoms. The average molecular weight is 338 g/mol. The van der Waals surface area contributed by atoms with Gasteiger partial charge < -0.3 is 10.2 Å². The Kier molecular flexibility index (Phi) is 7.05. The molecule has 1 N–H and O–H groups in total. The van der Waals surface area contributed by atoms with Crippen LogP contribution in [0.2, 0.25) is 0 Å². The molecule has 0 saturated carbocycles. The van der Waals surface area contributed by atoms with Gasteiger partial charge in [-0.2, -0.15) is 0 Å². The van der Waals surface area contributed by atoms with Crippen LogP contribution in [0.4, 0.5) is 4.79 Å². The molecule has 1 heterocycles. The van der Waals surface area contributed by atoms with Crippen LogP contribution < -0.4 is 5.32 Å². The van der Waals surface area contributed by atoms with Crippen LogP contribution in [0, 0.1) is 13.8 Å². The van der Waals surface area contributed by atoms with Crippen molar-refractivity contribution in [1.29, 1.82) is 0 Å². The molecule has 1 aliphatic rings. The van der Waals surface area contributed by atoms with Gasteiger partial charge in [0.25, 0.3) is 0 Å². The standard InChI is InChI=1S/C13H18N2O.C9H12/c1-3-12-9-15(13(16)14-12)8-11-6-4-10(2)5-7-11;1-3-9-6-4-8(2)5-7-9/h4-7,12H,3,8-9H2,1-2H3,(H,14,16);4-7H,3H2,1-2H3. The maximum absolute atomic E-state index is 11.6. The van der Waals surface area contributed by atoms with Crippen molar-refractivity contribution in [3.63, 3.8) is 0 Å². The SMILES string of the molecule is CCC1CN(Cc2ccc(C)cc2)C(=O)N1.CCc1ccc(C)cc1. The Balaban J connectivity index is 0.000000212. The van der Waals surface area contributed by atoms with E-state index >= 15 is 0 Å². The van der Waals surface area contributed by atoms with E-state index < -0.39 is 0 Å². The molecule has 3 heteroatoms. The van der Waals surface area contributed by atoms with Gasteiger partial charge in [0.15, 0.2) is 0 Å². The summed E-state index contributed by atoms with van der Waals surface area (Å²) in [5, 5.41) is 2.97. The largest absolute Gasteiger partial charge is 0.333 e. The number of nitrogens with zero attached hydrogens (tertiary/aromatic N) is 1. The average Bonchev–Trinajstić information content (AvgIpc) is 2.98. The molecular formula is C22H30N2O. The fourth-order valence-electron chi connectivity index (χ4n) is 2.77. The lowest BCUT2D eigenvalue weighted by Crippen LogP contribution is -2.28. The Hall–Kier alpha value is -2.29. The number of hydrogen-bond donors (Lipinski definition) is 1. The molecule has 2 aromatic rings. The van der Waals surface area contributed by atoms with Gasteiger partial charge in [-0.3, -0.25) is 0 Å². The maximum atomic E-state index is 11.6. The molecule has 0 spiro atoms. The van der Waals surface area contributed by atoms with Crippen LogP contribution in [0.3, 0.4) is 0 Å². The highest BCUT2D eigenvalue weighted by atomic mass is 16.2. The quantitative estimate of drug-likeness (QED) is 0.848. The fourth-order valence-corrected chi connectivity index (χ4v) is 2.77. The van der Waals surface area contributed by atoms with E-state index in [9.17, 15) is 4.79 Å². The molecule has 1 fully saturated rings. The van der Waals surface area contributed by atoms with Gasteiger partial charge in [0.05, 0.1) is 0 Å². The zero-order valence-electron chi connectivity index (χ0n) is 15.9. The second-order valence-electron chi connectivity index (χ2n) is 6.76. The Morgan fingerprint density at radius 2 is 1.44 bits per heavy atom. The monoisotopic (exact) mass is 338 g/mol. The first-order valence-electron chi connectivity index (χ1n) is 9.18. The smallest absolute Gasteiger partial charge is 0.318 e. The minimum atomic E-state index is 0.0624. The summed E-state index contributed by atoms with van der Waals surface area (Å²) >= 11 is 0. The molecular weight excluding hydrogens is 308 g/mol. The lowest BCUT2D eigenvalue weighted by Gasteiger charge is -2.14. The minimum absolute atomic E-state index is 0.0624. The van der Waals surface area contributed by atoms with E-state index in [1.54, 1.807) is 0 Å². The van der Waals surface area contributed by atoms with Crippen molar-refractivity contribution in [2.45, 2.75) is 53.1 Å². The summed E-state index contributed by atoms with van der Waals surface area (Å²) in [6.07, 6.45) is 2.14. The number of carbonyl (C=O) groups excluding carboxylic acids is 1. The molecule has 0 aliphatic carbocycles. The summed E-state index contributed by atoms with van der Waals surface area (Å²) in [7, 11) is 0. The van der Waals surface area contributed by atoms with E-state index in [4.69, 9.17) is 0 Å². The molecule has 3 rings (SSSR count). The van der Waals surface area contributed by atoms with Gasteiger partial charge in [0, 0.05) is 19.1 Å². The van der Waals surface area contributed by atoms with Crippen molar-refractivity contribution in [1.82, 2.24) is 10.2 Å². The summed E-state index contributed by atoms with van der Waals surface area (Å²) in [6.45, 7) is 9.98. The van der Waals surface area contributed by atoms with Crippen molar-refractivity contribution in [3.8, 4) is 0 Å². The summed E-state index contributed by atoms with van der Waals surface area (Å²) in [5.74, 6) is 0. The van der Waals surface area contributed by atoms with Crippen LogP contribution in [-0.2, 0) is 13.0 Å². The van der Waals surface area contributed by atoms with Gasteiger partial charge in [-0.25, -0.2) is 4.79 Å². The highest BCUT2D eigenvalue weighted by molar-refractivity contribution is 5.76. The van der Waals surface area contributed by atoms with E-state index in [2.05, 4.69) is 81.5 Å². The predicted octanol–water partition coefficient (Wildman–Crippen LogP) is 4.86. The van der Waals surface area contributed by atoms with Gasteiger partial charge in [0.1, 0.15) is 0 Å². The summed E-state index contributed by atoms with van der Waals surface area (Å²) in [5.41, 5.74) is 5.20. The van der Waals surface area contributed by atoms with Crippen LogP contribution in [0.25, 0.3) is 0 Å². The third-order valence-electron chi connectivity index (χ3n) is 4.57. The number of nitrogens with one attached hydrogen (secondary N) is 1. The Bertz CT molecular complexity index is 661. The lowest BCUT2D eigenvalue weighted by molar-refractivity contribution is 0.215. The van der Waals surface area contributed by atoms with Gasteiger partial charge in [-0.05, 0) is 37.8 Å². The fraction of sp³-hybridized carbons (Fsp3) is 0.409. The Morgan fingerprint density at radius 3 is 1.88 bits per heavy atom. The first-order chi connectivity index (χ1) is 12.0. The van der Waals surface area contributed by atoms with Crippen molar-refractivity contribution >= 4 is 6.03 Å². The number of hydrogen-bond acceptors (Lipinski definition) is 1. The first kappa shape index (κ1) is 19.0. The van der Waals surface area contributed by atoms with E-state index in [0.29, 0.717) is 12.6 Å². The molecule has 25 heavy (non-hydrogen) atoms. The molecule has 0 aromatic heterocycles. The molecule has 1 aliphatic heterocycles. The molecule has 2 aromatic carbocycles. The predicted molar refractivity (Wildman–Crippen MR) is 105 cm³/mol. The van der Waals surface area contributed by atoms with Gasteiger partial charge >= 0.3 is 6.03 Å². The maximum Gasteiger partial charge on any atom is 0.318 e. The van der Waals surface area contributed by atoms with E-state index in [1.807, 2.05) is 4.90 Å². The molecule has 2 amide bonds. The Morgan fingerprint density at radius 1 is 0.920 bits per heavy atom. The molecule has 134 valence electrons. The highest BCUT2D eigenvalue weighted by Crippen LogP contribution is 2.12. The third-order valence-corrected chi connectivity index (χ3v) is 4.57. The van der Waals surface area contributed by atoms with Crippen molar-refractivity contribution < 1.29 is 4.79 Å². The number of carbonyl (C=O) groups is 1. The van der Waals surface area contributed by atoms with Gasteiger partial charge in [-0.1, -0.05) is 73.5 Å². The normalized spacial score (nSPS) is 16.2. The number of amides is 2. The number of aryl methyl sites for hydroxylation is 3. The van der Waals surface area contributed by atoms with Gasteiger partial charge in [-0.15, -0.1) is 0 Å². The zero-order valence-corrected chi connectivity index (χ0v) is 15.9. The van der Waals surface area contributed by atoms with Crippen LogP contribution in [0.1, 0.15) is 42.5 Å². The highest BCUT2D eigenvalue weighted by Gasteiger charge is 2.26. The topological polar surface area (TPSA) is 32.3 Å². The van der Waals surface area contributed by atoms with Crippen molar-refractivity contribution in [2.24, 2.45) is 0 Å². The second kappa shape index (κ2) is 9.26. The van der Waals surface area contributed by atoms with E-state index in [-0.39, 0.29) is 6.03 Å². The summed E-state index contributed by atoms with van der Waals surface area (Å²) in [6, 6.07) is 17.4. The zero-order chi connectivity index (χ0) is 18.2. The molecule has 1 atom stereocenters. The number of urea groups is 1.